The predicted octanol–water partition coefficient (Wildman–Crippen LogP) is 1.37. The molecule has 1 amide bonds. The summed E-state index contributed by atoms with van der Waals surface area (Å²) in [6, 6.07) is 3.64. The number of phenolic OH excluding ortho intramolecular Hbond substituents is 1. The van der Waals surface area contributed by atoms with Crippen molar-refractivity contribution in [2.75, 3.05) is 5.32 Å². The number of aromatic carboxylic acids is 1. The van der Waals surface area contributed by atoms with Crippen molar-refractivity contribution < 1.29 is 19.8 Å². The number of carboxylic acids is 1. The molecule has 0 saturated carbocycles. The Kier molecular flexibility index (Phi) is 3.19. The highest BCUT2D eigenvalue weighted by Gasteiger charge is 2.14. The number of amides is 1. The van der Waals surface area contributed by atoms with Crippen molar-refractivity contribution in [3.8, 4) is 5.75 Å². The van der Waals surface area contributed by atoms with Gasteiger partial charge in [-0.15, -0.1) is 0 Å². The van der Waals surface area contributed by atoms with Crippen LogP contribution in [0.3, 0.4) is 0 Å². The first-order chi connectivity index (χ1) is 8.99. The first-order valence-electron chi connectivity index (χ1n) is 5.36. The van der Waals surface area contributed by atoms with Gasteiger partial charge in [0.25, 0.3) is 5.91 Å². The van der Waals surface area contributed by atoms with Crippen LogP contribution in [0, 0.1) is 6.92 Å². The normalized spacial score (nSPS) is 10.2. The lowest BCUT2D eigenvalue weighted by Crippen LogP contribution is -2.13. The molecule has 0 unspecified atom stereocenters. The molecule has 0 aliphatic heterocycles. The number of carbonyl (C=O) groups excluding carboxylic acids is 1. The number of aromatic amines is 1. The van der Waals surface area contributed by atoms with Gasteiger partial charge in [0, 0.05) is 5.69 Å². The fourth-order valence-electron chi connectivity index (χ4n) is 1.54. The average molecular weight is 261 g/mol. The second kappa shape index (κ2) is 4.81. The lowest BCUT2D eigenvalue weighted by molar-refractivity contribution is 0.0696. The average Bonchev–Trinajstić information content (AvgIpc) is 2.78. The zero-order valence-electron chi connectivity index (χ0n) is 9.97. The summed E-state index contributed by atoms with van der Waals surface area (Å²) >= 11 is 0. The molecule has 1 aromatic carbocycles. The predicted molar refractivity (Wildman–Crippen MR) is 66.3 cm³/mol. The maximum absolute atomic E-state index is 11.9. The lowest BCUT2D eigenvalue weighted by atomic mass is 10.1. The number of hydrogen-bond donors (Lipinski definition) is 4. The Bertz CT molecular complexity index is 648. The Labute approximate surface area is 107 Å². The molecule has 19 heavy (non-hydrogen) atoms. The third-order valence-electron chi connectivity index (χ3n) is 2.57. The molecule has 98 valence electrons. The van der Waals surface area contributed by atoms with Gasteiger partial charge in [-0.1, -0.05) is 0 Å². The minimum Gasteiger partial charge on any atom is -0.506 e. The van der Waals surface area contributed by atoms with E-state index in [9.17, 15) is 14.7 Å². The Morgan fingerprint density at radius 2 is 2.11 bits per heavy atom. The second-order valence-electron chi connectivity index (χ2n) is 3.90. The highest BCUT2D eigenvalue weighted by molar-refractivity contribution is 6.06. The van der Waals surface area contributed by atoms with E-state index in [1.54, 1.807) is 6.92 Å². The number of benzene rings is 1. The van der Waals surface area contributed by atoms with Gasteiger partial charge in [0.1, 0.15) is 5.75 Å². The van der Waals surface area contributed by atoms with Gasteiger partial charge < -0.3 is 15.5 Å². The Morgan fingerprint density at radius 3 is 2.68 bits per heavy atom. The summed E-state index contributed by atoms with van der Waals surface area (Å²) in [5.74, 6) is -1.83. The highest BCUT2D eigenvalue weighted by Crippen LogP contribution is 2.25. The smallest absolute Gasteiger partial charge is 0.335 e. The molecule has 1 aromatic heterocycles. The van der Waals surface area contributed by atoms with Crippen molar-refractivity contribution in [1.82, 2.24) is 10.2 Å². The molecule has 4 N–H and O–H groups in total. The van der Waals surface area contributed by atoms with E-state index >= 15 is 0 Å². The molecule has 1 heterocycles. The fourth-order valence-corrected chi connectivity index (χ4v) is 1.54. The number of aromatic nitrogens is 2. The van der Waals surface area contributed by atoms with Crippen LogP contribution >= 0.6 is 0 Å². The maximum Gasteiger partial charge on any atom is 0.335 e. The van der Waals surface area contributed by atoms with Crippen LogP contribution in [0.15, 0.2) is 24.4 Å². The van der Waals surface area contributed by atoms with E-state index in [-0.39, 0.29) is 17.0 Å². The Morgan fingerprint density at radius 1 is 1.37 bits per heavy atom. The van der Waals surface area contributed by atoms with Crippen LogP contribution < -0.4 is 5.32 Å². The van der Waals surface area contributed by atoms with Gasteiger partial charge in [0.15, 0.2) is 0 Å². The number of aromatic hydroxyl groups is 1. The maximum atomic E-state index is 11.9. The van der Waals surface area contributed by atoms with Crippen molar-refractivity contribution >= 4 is 17.6 Å². The van der Waals surface area contributed by atoms with Crippen LogP contribution in [0.4, 0.5) is 5.69 Å². The van der Waals surface area contributed by atoms with Gasteiger partial charge in [0.2, 0.25) is 0 Å². The zero-order valence-corrected chi connectivity index (χ0v) is 9.97. The number of nitrogens with one attached hydrogen (secondary N) is 2. The van der Waals surface area contributed by atoms with Gasteiger partial charge in [0.05, 0.1) is 23.0 Å². The summed E-state index contributed by atoms with van der Waals surface area (Å²) in [4.78, 5) is 22.7. The van der Waals surface area contributed by atoms with Gasteiger partial charge in [-0.25, -0.2) is 4.79 Å². The van der Waals surface area contributed by atoms with E-state index in [1.807, 2.05) is 0 Å². The molecule has 0 atom stereocenters. The SMILES string of the molecule is Cc1[nH]ncc1C(=O)Nc1cc(C(=O)O)ccc1O. The van der Waals surface area contributed by atoms with Crippen molar-refractivity contribution in [2.45, 2.75) is 6.92 Å². The molecule has 0 aliphatic carbocycles. The first kappa shape index (κ1) is 12.6. The number of carbonyl (C=O) groups is 2. The zero-order chi connectivity index (χ0) is 14.0. The standard InChI is InChI=1S/C12H11N3O4/c1-6-8(5-13-15-6)11(17)14-9-4-7(12(18)19)2-3-10(9)16/h2-5,16H,1H3,(H,13,15)(H,14,17)(H,18,19). The van der Waals surface area contributed by atoms with Crippen LogP contribution in [0.1, 0.15) is 26.4 Å². The van der Waals surface area contributed by atoms with E-state index < -0.39 is 11.9 Å². The minimum atomic E-state index is -1.14. The van der Waals surface area contributed by atoms with Crippen LogP contribution in [0.2, 0.25) is 0 Å². The number of anilines is 1. The molecular weight excluding hydrogens is 250 g/mol. The number of aryl methyl sites for hydroxylation is 1. The molecule has 0 fully saturated rings. The summed E-state index contributed by atoms with van der Waals surface area (Å²) in [6.45, 7) is 1.68. The summed E-state index contributed by atoms with van der Waals surface area (Å²) in [5.41, 5.74) is 0.897. The van der Waals surface area contributed by atoms with Crippen LogP contribution in [-0.4, -0.2) is 32.3 Å². The Hall–Kier alpha value is -2.83. The topological polar surface area (TPSA) is 115 Å². The summed E-state index contributed by atoms with van der Waals surface area (Å²) < 4.78 is 0. The number of carboxylic acid groups (broad SMARTS) is 1. The third kappa shape index (κ3) is 2.54. The van der Waals surface area contributed by atoms with Crippen LogP contribution in [0.5, 0.6) is 5.75 Å². The van der Waals surface area contributed by atoms with Crippen molar-refractivity contribution in [2.24, 2.45) is 0 Å². The number of H-pyrrole nitrogens is 1. The fraction of sp³-hybridized carbons (Fsp3) is 0.0833. The van der Waals surface area contributed by atoms with Crippen LogP contribution in [-0.2, 0) is 0 Å². The van der Waals surface area contributed by atoms with Crippen molar-refractivity contribution in [1.29, 1.82) is 0 Å². The van der Waals surface area contributed by atoms with Gasteiger partial charge >= 0.3 is 5.97 Å². The molecule has 0 spiro atoms. The van der Waals surface area contributed by atoms with E-state index in [1.165, 1.54) is 24.4 Å². The monoisotopic (exact) mass is 261 g/mol. The van der Waals surface area contributed by atoms with Gasteiger partial charge in [-0.05, 0) is 25.1 Å². The van der Waals surface area contributed by atoms with Crippen molar-refractivity contribution in [3.63, 3.8) is 0 Å². The molecule has 0 radical (unpaired) electrons. The minimum absolute atomic E-state index is 0.0305. The molecule has 2 aromatic rings. The first-order valence-corrected chi connectivity index (χ1v) is 5.36. The molecule has 0 saturated heterocycles. The number of phenols is 1. The molecule has 7 nitrogen and oxygen atoms in total. The van der Waals surface area contributed by atoms with E-state index in [0.717, 1.165) is 0 Å². The van der Waals surface area contributed by atoms with E-state index in [2.05, 4.69) is 15.5 Å². The van der Waals surface area contributed by atoms with E-state index in [4.69, 9.17) is 5.11 Å². The highest BCUT2D eigenvalue weighted by atomic mass is 16.4. The molecular formula is C12H11N3O4. The van der Waals surface area contributed by atoms with Gasteiger partial charge in [-0.2, -0.15) is 5.10 Å². The van der Waals surface area contributed by atoms with Crippen molar-refractivity contribution in [3.05, 3.63) is 41.2 Å². The van der Waals surface area contributed by atoms with Gasteiger partial charge in [-0.3, -0.25) is 9.89 Å². The molecule has 0 aliphatic rings. The Balaban J connectivity index is 2.28. The number of hydrogen-bond acceptors (Lipinski definition) is 4. The largest absolute Gasteiger partial charge is 0.506 e. The second-order valence-corrected chi connectivity index (χ2v) is 3.90. The summed E-state index contributed by atoms with van der Waals surface area (Å²) in [6.07, 6.45) is 1.35. The van der Waals surface area contributed by atoms with E-state index in [0.29, 0.717) is 11.3 Å². The number of nitrogens with zero attached hydrogens (tertiary/aromatic N) is 1. The molecule has 7 heteroatoms. The summed E-state index contributed by atoms with van der Waals surface area (Å²) in [7, 11) is 0. The lowest BCUT2D eigenvalue weighted by Gasteiger charge is -2.07. The van der Waals surface area contributed by atoms with Crippen LogP contribution in [0.25, 0.3) is 0 Å². The molecule has 0 bridgehead atoms. The quantitative estimate of drug-likeness (QED) is 0.623. The summed E-state index contributed by atoms with van der Waals surface area (Å²) in [5, 5.41) is 27.2. The molecule has 2 rings (SSSR count). The third-order valence-corrected chi connectivity index (χ3v) is 2.57. The number of rotatable bonds is 3.